The summed E-state index contributed by atoms with van der Waals surface area (Å²) in [5.74, 6) is 0. The summed E-state index contributed by atoms with van der Waals surface area (Å²) in [6, 6.07) is 0. The molecule has 1 aliphatic heterocycles. The lowest BCUT2D eigenvalue weighted by Crippen LogP contribution is -2.24. The molecule has 13 heavy (non-hydrogen) atoms. The second kappa shape index (κ2) is 4.58. The third-order valence-electron chi connectivity index (χ3n) is 2.24. The van der Waals surface area contributed by atoms with Crippen molar-refractivity contribution >= 4 is 11.3 Å². The normalized spacial score (nSPS) is 17.8. The zero-order valence-electron chi connectivity index (χ0n) is 7.61. The minimum Gasteiger partial charge on any atom is -0.469 e. The summed E-state index contributed by atoms with van der Waals surface area (Å²) in [4.78, 5) is 6.50. The molecule has 4 heteroatoms. The molecule has 1 aromatic heterocycles. The zero-order valence-corrected chi connectivity index (χ0v) is 8.42. The molecule has 1 fully saturated rings. The van der Waals surface area contributed by atoms with Gasteiger partial charge in [-0.15, -0.1) is 0 Å². The minimum atomic E-state index is 0.771. The molecule has 0 unspecified atom stereocenters. The molecule has 2 rings (SSSR count). The third-order valence-corrected chi connectivity index (χ3v) is 2.92. The molecule has 0 amide bonds. The van der Waals surface area contributed by atoms with E-state index >= 15 is 0 Å². The number of likely N-dealkylation sites (tertiary alicyclic amines) is 1. The van der Waals surface area contributed by atoms with Crippen molar-refractivity contribution in [2.75, 3.05) is 26.2 Å². The maximum absolute atomic E-state index is 5.47. The first-order valence-corrected chi connectivity index (χ1v) is 5.58. The van der Waals surface area contributed by atoms with Gasteiger partial charge in [-0.25, -0.2) is 4.98 Å². The quantitative estimate of drug-likeness (QED) is 0.735. The molecule has 0 N–H and O–H groups in total. The van der Waals surface area contributed by atoms with Crippen LogP contribution < -0.4 is 4.74 Å². The monoisotopic (exact) mass is 198 g/mol. The number of thiazole rings is 1. The summed E-state index contributed by atoms with van der Waals surface area (Å²) in [6.45, 7) is 4.29. The van der Waals surface area contributed by atoms with Gasteiger partial charge in [-0.1, -0.05) is 11.3 Å². The number of hydrogen-bond acceptors (Lipinski definition) is 4. The Morgan fingerprint density at radius 1 is 1.46 bits per heavy atom. The van der Waals surface area contributed by atoms with Gasteiger partial charge in [0.1, 0.15) is 6.61 Å². The SMILES string of the molecule is c1csc(OCCN2CCCC2)n1. The van der Waals surface area contributed by atoms with Crippen LogP contribution in [0.25, 0.3) is 0 Å². The molecule has 3 nitrogen and oxygen atoms in total. The minimum absolute atomic E-state index is 0.771. The fourth-order valence-electron chi connectivity index (χ4n) is 1.55. The number of hydrogen-bond donors (Lipinski definition) is 0. The fourth-order valence-corrected chi connectivity index (χ4v) is 2.06. The van der Waals surface area contributed by atoms with Gasteiger partial charge < -0.3 is 4.74 Å². The lowest BCUT2D eigenvalue weighted by atomic mass is 10.4. The fraction of sp³-hybridized carbons (Fsp3) is 0.667. The highest BCUT2D eigenvalue weighted by molar-refractivity contribution is 7.11. The molecule has 0 bridgehead atoms. The first kappa shape index (κ1) is 8.97. The van der Waals surface area contributed by atoms with Crippen LogP contribution in [0.4, 0.5) is 0 Å². The van der Waals surface area contributed by atoms with E-state index in [1.807, 2.05) is 5.38 Å². The van der Waals surface area contributed by atoms with Crippen LogP contribution in [0.1, 0.15) is 12.8 Å². The maximum atomic E-state index is 5.47. The highest BCUT2D eigenvalue weighted by atomic mass is 32.1. The molecule has 1 aliphatic rings. The second-order valence-corrected chi connectivity index (χ2v) is 4.05. The highest BCUT2D eigenvalue weighted by Crippen LogP contribution is 2.13. The Kier molecular flexibility index (Phi) is 3.16. The van der Waals surface area contributed by atoms with Gasteiger partial charge in [0.2, 0.25) is 0 Å². The smallest absolute Gasteiger partial charge is 0.273 e. The van der Waals surface area contributed by atoms with E-state index in [1.54, 1.807) is 17.5 Å². The van der Waals surface area contributed by atoms with E-state index in [0.29, 0.717) is 0 Å². The van der Waals surface area contributed by atoms with Gasteiger partial charge in [0.05, 0.1) is 0 Å². The van der Waals surface area contributed by atoms with Gasteiger partial charge in [0.25, 0.3) is 5.19 Å². The molecule has 0 atom stereocenters. The average Bonchev–Trinajstić information content (AvgIpc) is 2.75. The molecule has 0 radical (unpaired) electrons. The summed E-state index contributed by atoms with van der Waals surface area (Å²) in [7, 11) is 0. The van der Waals surface area contributed by atoms with Crippen LogP contribution >= 0.6 is 11.3 Å². The van der Waals surface area contributed by atoms with Crippen LogP contribution in [0.5, 0.6) is 5.19 Å². The van der Waals surface area contributed by atoms with Gasteiger partial charge in [-0.2, -0.15) is 0 Å². The van der Waals surface area contributed by atoms with E-state index in [0.717, 1.165) is 18.3 Å². The summed E-state index contributed by atoms with van der Waals surface area (Å²) >= 11 is 1.55. The van der Waals surface area contributed by atoms with Crippen LogP contribution in [0.2, 0.25) is 0 Å². The first-order valence-electron chi connectivity index (χ1n) is 4.70. The molecule has 0 aromatic carbocycles. The van der Waals surface area contributed by atoms with Gasteiger partial charge in [0, 0.05) is 18.1 Å². The molecule has 2 heterocycles. The van der Waals surface area contributed by atoms with Crippen LogP contribution in [0, 0.1) is 0 Å². The molecular formula is C9H14N2OS. The van der Waals surface area contributed by atoms with Crippen molar-refractivity contribution in [1.29, 1.82) is 0 Å². The number of nitrogens with zero attached hydrogens (tertiary/aromatic N) is 2. The number of ether oxygens (including phenoxy) is 1. The van der Waals surface area contributed by atoms with Crippen LogP contribution in [0.3, 0.4) is 0 Å². The molecule has 72 valence electrons. The van der Waals surface area contributed by atoms with Gasteiger partial charge in [0.15, 0.2) is 0 Å². The predicted octanol–water partition coefficient (Wildman–Crippen LogP) is 1.62. The topological polar surface area (TPSA) is 25.4 Å². The second-order valence-electron chi connectivity index (χ2n) is 3.20. The maximum Gasteiger partial charge on any atom is 0.273 e. The van der Waals surface area contributed by atoms with Crippen LogP contribution in [0.15, 0.2) is 11.6 Å². The van der Waals surface area contributed by atoms with Crippen molar-refractivity contribution in [3.8, 4) is 5.19 Å². The molecule has 0 saturated carbocycles. The van der Waals surface area contributed by atoms with Gasteiger partial charge in [-0.05, 0) is 25.9 Å². The molecule has 0 aliphatic carbocycles. The van der Waals surface area contributed by atoms with Gasteiger partial charge in [-0.3, -0.25) is 4.90 Å². The summed E-state index contributed by atoms with van der Waals surface area (Å²) < 4.78 is 5.47. The van der Waals surface area contributed by atoms with Crippen molar-refractivity contribution < 1.29 is 4.74 Å². The van der Waals surface area contributed by atoms with Crippen molar-refractivity contribution in [3.63, 3.8) is 0 Å². The first-order chi connectivity index (χ1) is 6.45. The molecular weight excluding hydrogens is 184 g/mol. The van der Waals surface area contributed by atoms with Crippen molar-refractivity contribution in [2.45, 2.75) is 12.8 Å². The Balaban J connectivity index is 1.63. The van der Waals surface area contributed by atoms with E-state index < -0.39 is 0 Å². The lowest BCUT2D eigenvalue weighted by Gasteiger charge is -2.13. The Bertz CT molecular complexity index is 232. The van der Waals surface area contributed by atoms with E-state index in [1.165, 1.54) is 25.9 Å². The Labute approximate surface area is 82.3 Å². The summed E-state index contributed by atoms with van der Waals surface area (Å²) in [5.41, 5.74) is 0. The third kappa shape index (κ3) is 2.67. The van der Waals surface area contributed by atoms with Crippen molar-refractivity contribution in [2.24, 2.45) is 0 Å². The zero-order chi connectivity index (χ0) is 8.93. The largest absolute Gasteiger partial charge is 0.469 e. The van der Waals surface area contributed by atoms with E-state index in [4.69, 9.17) is 4.74 Å². The number of aromatic nitrogens is 1. The highest BCUT2D eigenvalue weighted by Gasteiger charge is 2.10. The average molecular weight is 198 g/mol. The molecule has 1 saturated heterocycles. The Morgan fingerprint density at radius 3 is 3.00 bits per heavy atom. The summed E-state index contributed by atoms with van der Waals surface area (Å²) in [6.07, 6.45) is 4.46. The number of rotatable bonds is 4. The lowest BCUT2D eigenvalue weighted by molar-refractivity contribution is 0.237. The van der Waals surface area contributed by atoms with Crippen molar-refractivity contribution in [3.05, 3.63) is 11.6 Å². The van der Waals surface area contributed by atoms with E-state index in [2.05, 4.69) is 9.88 Å². The van der Waals surface area contributed by atoms with Crippen LogP contribution in [-0.2, 0) is 0 Å². The predicted molar refractivity (Wildman–Crippen MR) is 53.3 cm³/mol. The van der Waals surface area contributed by atoms with E-state index in [9.17, 15) is 0 Å². The van der Waals surface area contributed by atoms with Crippen molar-refractivity contribution in [1.82, 2.24) is 9.88 Å². The van der Waals surface area contributed by atoms with Gasteiger partial charge >= 0.3 is 0 Å². The molecule has 0 spiro atoms. The summed E-state index contributed by atoms with van der Waals surface area (Å²) in [5, 5.41) is 2.73. The van der Waals surface area contributed by atoms with Crippen LogP contribution in [-0.4, -0.2) is 36.1 Å². The van der Waals surface area contributed by atoms with E-state index in [-0.39, 0.29) is 0 Å². The standard InChI is InChI=1S/C9H14N2OS/c1-2-5-11(4-1)6-7-12-9-10-3-8-13-9/h3,8H,1-2,4-7H2. The Morgan fingerprint density at radius 2 is 2.31 bits per heavy atom. The molecule has 1 aromatic rings. The Hall–Kier alpha value is -0.610.